The van der Waals surface area contributed by atoms with Crippen LogP contribution in [0.15, 0.2) is 24.3 Å². The van der Waals surface area contributed by atoms with Gasteiger partial charge in [-0.1, -0.05) is 12.2 Å². The maximum absolute atomic E-state index is 5.73. The van der Waals surface area contributed by atoms with Crippen LogP contribution in [0.3, 0.4) is 0 Å². The maximum atomic E-state index is 5.73. The fourth-order valence-corrected chi connectivity index (χ4v) is 1.25. The van der Waals surface area contributed by atoms with Crippen LogP contribution in [0.2, 0.25) is 0 Å². The molecule has 1 heterocycles. The van der Waals surface area contributed by atoms with E-state index in [0.717, 1.165) is 18.8 Å². The highest BCUT2D eigenvalue weighted by atomic mass is 16.5. The standard InChI is InChI=1S/C12H19N3O/c1-3-5-6-9-14-11-8-7-10(13)12(15-11)16-4-2/h3,5,7-8H,4,6,9,13H2,1-2H3,(H,14,15)/b5-3+. The molecule has 0 atom stereocenters. The molecule has 0 fully saturated rings. The first-order valence-corrected chi connectivity index (χ1v) is 5.52. The van der Waals surface area contributed by atoms with E-state index >= 15 is 0 Å². The Morgan fingerprint density at radius 3 is 3.00 bits per heavy atom. The Balaban J connectivity index is 2.56. The van der Waals surface area contributed by atoms with Crippen LogP contribution in [-0.4, -0.2) is 18.1 Å². The van der Waals surface area contributed by atoms with E-state index in [2.05, 4.69) is 16.4 Å². The van der Waals surface area contributed by atoms with Crippen LogP contribution < -0.4 is 15.8 Å². The smallest absolute Gasteiger partial charge is 0.239 e. The van der Waals surface area contributed by atoms with Gasteiger partial charge in [0.15, 0.2) is 0 Å². The Kier molecular flexibility index (Phi) is 5.19. The molecule has 1 aromatic heterocycles. The largest absolute Gasteiger partial charge is 0.476 e. The average Bonchev–Trinajstić information content (AvgIpc) is 2.29. The van der Waals surface area contributed by atoms with Crippen molar-refractivity contribution in [2.24, 2.45) is 0 Å². The van der Waals surface area contributed by atoms with Crippen LogP contribution >= 0.6 is 0 Å². The average molecular weight is 221 g/mol. The number of hydrogen-bond acceptors (Lipinski definition) is 4. The molecule has 88 valence electrons. The van der Waals surface area contributed by atoms with Crippen molar-refractivity contribution in [1.82, 2.24) is 4.98 Å². The zero-order valence-corrected chi connectivity index (χ0v) is 9.86. The van der Waals surface area contributed by atoms with Crippen molar-refractivity contribution in [1.29, 1.82) is 0 Å². The third kappa shape index (κ3) is 3.81. The SMILES string of the molecule is C/C=C/CCNc1ccc(N)c(OCC)n1. The Labute approximate surface area is 96.5 Å². The molecular weight excluding hydrogens is 202 g/mol. The Hall–Kier alpha value is -1.71. The third-order valence-corrected chi connectivity index (χ3v) is 2.02. The minimum Gasteiger partial charge on any atom is -0.476 e. The number of hydrogen-bond donors (Lipinski definition) is 2. The lowest BCUT2D eigenvalue weighted by Crippen LogP contribution is -2.05. The molecule has 3 N–H and O–H groups in total. The van der Waals surface area contributed by atoms with E-state index in [9.17, 15) is 0 Å². The van der Waals surface area contributed by atoms with E-state index in [1.165, 1.54) is 0 Å². The molecule has 0 unspecified atom stereocenters. The fraction of sp³-hybridized carbons (Fsp3) is 0.417. The number of rotatable bonds is 6. The molecule has 0 bridgehead atoms. The molecule has 1 aromatic rings. The van der Waals surface area contributed by atoms with Gasteiger partial charge < -0.3 is 15.8 Å². The summed E-state index contributed by atoms with van der Waals surface area (Å²) in [7, 11) is 0. The molecule has 0 radical (unpaired) electrons. The highest BCUT2D eigenvalue weighted by Crippen LogP contribution is 2.20. The maximum Gasteiger partial charge on any atom is 0.239 e. The second-order valence-electron chi connectivity index (χ2n) is 3.31. The number of aromatic nitrogens is 1. The van der Waals surface area contributed by atoms with Crippen molar-refractivity contribution < 1.29 is 4.74 Å². The highest BCUT2D eigenvalue weighted by Gasteiger charge is 2.02. The number of nitrogen functional groups attached to an aromatic ring is 1. The summed E-state index contributed by atoms with van der Waals surface area (Å²) in [6.45, 7) is 5.34. The second kappa shape index (κ2) is 6.71. The predicted molar refractivity (Wildman–Crippen MR) is 67.7 cm³/mol. The Morgan fingerprint density at radius 2 is 2.31 bits per heavy atom. The number of pyridine rings is 1. The number of allylic oxidation sites excluding steroid dienone is 1. The van der Waals surface area contributed by atoms with Gasteiger partial charge >= 0.3 is 0 Å². The lowest BCUT2D eigenvalue weighted by molar-refractivity contribution is 0.329. The van der Waals surface area contributed by atoms with E-state index in [1.54, 1.807) is 6.07 Å². The zero-order chi connectivity index (χ0) is 11.8. The summed E-state index contributed by atoms with van der Waals surface area (Å²) in [4.78, 5) is 4.28. The Morgan fingerprint density at radius 1 is 1.50 bits per heavy atom. The highest BCUT2D eigenvalue weighted by molar-refractivity contribution is 5.53. The quantitative estimate of drug-likeness (QED) is 0.572. The molecule has 0 aliphatic heterocycles. The first-order chi connectivity index (χ1) is 7.77. The van der Waals surface area contributed by atoms with Crippen LogP contribution in [0.5, 0.6) is 5.88 Å². The van der Waals surface area contributed by atoms with Gasteiger partial charge in [0.05, 0.1) is 12.3 Å². The van der Waals surface area contributed by atoms with Crippen LogP contribution in [0.25, 0.3) is 0 Å². The molecule has 0 aliphatic rings. The van der Waals surface area contributed by atoms with Crippen LogP contribution in [0, 0.1) is 0 Å². The molecule has 16 heavy (non-hydrogen) atoms. The van der Waals surface area contributed by atoms with Crippen LogP contribution in [0.4, 0.5) is 11.5 Å². The van der Waals surface area contributed by atoms with Gasteiger partial charge in [-0.2, -0.15) is 4.98 Å². The molecule has 0 aromatic carbocycles. The molecule has 0 saturated carbocycles. The number of nitrogens with zero attached hydrogens (tertiary/aromatic N) is 1. The summed E-state index contributed by atoms with van der Waals surface area (Å²) in [5.74, 6) is 1.29. The first-order valence-electron chi connectivity index (χ1n) is 5.52. The van der Waals surface area contributed by atoms with Gasteiger partial charge in [0.25, 0.3) is 0 Å². The summed E-state index contributed by atoms with van der Waals surface area (Å²) >= 11 is 0. The van der Waals surface area contributed by atoms with E-state index in [-0.39, 0.29) is 0 Å². The molecule has 0 saturated heterocycles. The summed E-state index contributed by atoms with van der Waals surface area (Å²) in [5, 5.41) is 3.21. The molecule has 4 heteroatoms. The number of anilines is 2. The van der Waals surface area contributed by atoms with Crippen LogP contribution in [0.1, 0.15) is 20.3 Å². The number of nitrogens with two attached hydrogens (primary N) is 1. The van der Waals surface area contributed by atoms with E-state index in [0.29, 0.717) is 18.2 Å². The predicted octanol–water partition coefficient (Wildman–Crippen LogP) is 2.44. The van der Waals surface area contributed by atoms with Crippen molar-refractivity contribution in [2.75, 3.05) is 24.2 Å². The second-order valence-corrected chi connectivity index (χ2v) is 3.31. The van der Waals surface area contributed by atoms with Crippen molar-refractivity contribution >= 4 is 11.5 Å². The van der Waals surface area contributed by atoms with Crippen molar-refractivity contribution in [3.8, 4) is 5.88 Å². The van der Waals surface area contributed by atoms with Crippen LogP contribution in [-0.2, 0) is 0 Å². The number of nitrogens with one attached hydrogen (secondary N) is 1. The normalized spacial score (nSPS) is 10.6. The molecule has 0 aliphatic carbocycles. The number of ether oxygens (including phenoxy) is 1. The third-order valence-electron chi connectivity index (χ3n) is 2.02. The van der Waals surface area contributed by atoms with E-state index in [4.69, 9.17) is 10.5 Å². The molecule has 0 amide bonds. The lowest BCUT2D eigenvalue weighted by atomic mass is 10.3. The van der Waals surface area contributed by atoms with Gasteiger partial charge in [0.1, 0.15) is 5.82 Å². The molecular formula is C12H19N3O. The minimum absolute atomic E-state index is 0.499. The van der Waals surface area contributed by atoms with Gasteiger partial charge in [0, 0.05) is 6.54 Å². The Bertz CT molecular complexity index is 350. The fourth-order valence-electron chi connectivity index (χ4n) is 1.25. The lowest BCUT2D eigenvalue weighted by Gasteiger charge is -2.08. The summed E-state index contributed by atoms with van der Waals surface area (Å²) in [5.41, 5.74) is 6.30. The zero-order valence-electron chi connectivity index (χ0n) is 9.86. The van der Waals surface area contributed by atoms with E-state index in [1.807, 2.05) is 26.0 Å². The first kappa shape index (κ1) is 12.4. The van der Waals surface area contributed by atoms with Crippen molar-refractivity contribution in [2.45, 2.75) is 20.3 Å². The topological polar surface area (TPSA) is 60.2 Å². The molecule has 1 rings (SSSR count). The van der Waals surface area contributed by atoms with E-state index < -0.39 is 0 Å². The van der Waals surface area contributed by atoms with Gasteiger partial charge in [-0.3, -0.25) is 0 Å². The summed E-state index contributed by atoms with van der Waals surface area (Å²) in [6.07, 6.45) is 5.12. The van der Waals surface area contributed by atoms with Gasteiger partial charge in [-0.05, 0) is 32.4 Å². The van der Waals surface area contributed by atoms with Gasteiger partial charge in [0.2, 0.25) is 5.88 Å². The van der Waals surface area contributed by atoms with Gasteiger partial charge in [-0.25, -0.2) is 0 Å². The van der Waals surface area contributed by atoms with Gasteiger partial charge in [-0.15, -0.1) is 0 Å². The monoisotopic (exact) mass is 221 g/mol. The summed E-state index contributed by atoms with van der Waals surface area (Å²) in [6, 6.07) is 3.66. The molecule has 4 nitrogen and oxygen atoms in total. The molecule has 0 spiro atoms. The van der Waals surface area contributed by atoms with Crippen molar-refractivity contribution in [3.63, 3.8) is 0 Å². The minimum atomic E-state index is 0.499. The summed E-state index contributed by atoms with van der Waals surface area (Å²) < 4.78 is 5.31. The van der Waals surface area contributed by atoms with Crippen molar-refractivity contribution in [3.05, 3.63) is 24.3 Å².